The van der Waals surface area contributed by atoms with E-state index in [1.54, 1.807) is 16.8 Å². The van der Waals surface area contributed by atoms with Crippen molar-refractivity contribution < 1.29 is 9.18 Å². The molecule has 3 aromatic rings. The summed E-state index contributed by atoms with van der Waals surface area (Å²) in [6.45, 7) is 2.16. The predicted molar refractivity (Wildman–Crippen MR) is 111 cm³/mol. The molecule has 0 spiro atoms. The first-order valence-corrected chi connectivity index (χ1v) is 10.00. The van der Waals surface area contributed by atoms with Crippen LogP contribution in [0.2, 0.25) is 5.02 Å². The molecule has 7 heteroatoms. The van der Waals surface area contributed by atoms with E-state index in [0.717, 1.165) is 41.9 Å². The quantitative estimate of drug-likeness (QED) is 0.688. The average molecular weight is 413 g/mol. The first kappa shape index (κ1) is 19.6. The van der Waals surface area contributed by atoms with Crippen LogP contribution in [0.4, 0.5) is 4.39 Å². The van der Waals surface area contributed by atoms with Crippen molar-refractivity contribution in [2.24, 2.45) is 11.7 Å². The Morgan fingerprint density at radius 3 is 2.69 bits per heavy atom. The second kappa shape index (κ2) is 8.35. The van der Waals surface area contributed by atoms with E-state index in [0.29, 0.717) is 18.1 Å². The van der Waals surface area contributed by atoms with Gasteiger partial charge in [0.1, 0.15) is 5.82 Å². The van der Waals surface area contributed by atoms with Crippen LogP contribution < -0.4 is 5.73 Å². The zero-order valence-corrected chi connectivity index (χ0v) is 16.6. The maximum atomic E-state index is 13.3. The molecule has 0 aliphatic carbocycles. The Morgan fingerprint density at radius 2 is 1.97 bits per heavy atom. The molecule has 0 radical (unpaired) electrons. The van der Waals surface area contributed by atoms with Crippen LogP contribution in [-0.4, -0.2) is 33.7 Å². The summed E-state index contributed by atoms with van der Waals surface area (Å²) < 4.78 is 15.1. The van der Waals surface area contributed by atoms with Crippen molar-refractivity contribution in [1.29, 1.82) is 0 Å². The third-order valence-electron chi connectivity index (χ3n) is 5.31. The number of primary amides is 1. The molecule has 4 rings (SSSR count). The molecule has 1 amide bonds. The first-order chi connectivity index (χ1) is 14.0. The molecular weight excluding hydrogens is 391 g/mol. The minimum absolute atomic E-state index is 0.125. The number of likely N-dealkylation sites (tertiary alicyclic amines) is 1. The van der Waals surface area contributed by atoms with Crippen LogP contribution in [0.25, 0.3) is 16.9 Å². The van der Waals surface area contributed by atoms with E-state index in [4.69, 9.17) is 22.4 Å². The van der Waals surface area contributed by atoms with Gasteiger partial charge in [-0.1, -0.05) is 29.8 Å². The molecule has 1 aromatic heterocycles. The highest BCUT2D eigenvalue weighted by molar-refractivity contribution is 6.33. The Morgan fingerprint density at radius 1 is 1.21 bits per heavy atom. The number of hydrogen-bond acceptors (Lipinski definition) is 3. The average Bonchev–Trinajstić information content (AvgIpc) is 3.12. The molecule has 0 saturated carbocycles. The summed E-state index contributed by atoms with van der Waals surface area (Å²) in [7, 11) is 0. The van der Waals surface area contributed by atoms with Crippen molar-refractivity contribution in [3.05, 3.63) is 71.1 Å². The van der Waals surface area contributed by atoms with Crippen LogP contribution >= 0.6 is 11.6 Å². The van der Waals surface area contributed by atoms with Gasteiger partial charge in [0.05, 0.1) is 22.3 Å². The molecule has 1 saturated heterocycles. The molecule has 1 aliphatic rings. The van der Waals surface area contributed by atoms with E-state index >= 15 is 0 Å². The minimum Gasteiger partial charge on any atom is -0.369 e. The Balaban J connectivity index is 1.70. The van der Waals surface area contributed by atoms with Crippen LogP contribution in [0.1, 0.15) is 18.4 Å². The molecule has 150 valence electrons. The van der Waals surface area contributed by atoms with E-state index in [1.165, 1.54) is 12.1 Å². The van der Waals surface area contributed by atoms with Crippen molar-refractivity contribution in [3.8, 4) is 16.9 Å². The number of benzene rings is 2. The number of nitrogens with zero attached hydrogens (tertiary/aromatic N) is 3. The number of rotatable bonds is 5. The lowest BCUT2D eigenvalue weighted by molar-refractivity contribution is -0.123. The van der Waals surface area contributed by atoms with E-state index < -0.39 is 0 Å². The number of carbonyl (C=O) groups is 1. The van der Waals surface area contributed by atoms with Gasteiger partial charge < -0.3 is 5.73 Å². The van der Waals surface area contributed by atoms with E-state index in [9.17, 15) is 9.18 Å². The summed E-state index contributed by atoms with van der Waals surface area (Å²) in [5, 5.41) is 5.37. The lowest BCUT2D eigenvalue weighted by Gasteiger charge is -2.31. The minimum atomic E-state index is -0.293. The van der Waals surface area contributed by atoms with Gasteiger partial charge in [-0.3, -0.25) is 9.69 Å². The van der Waals surface area contributed by atoms with Gasteiger partial charge in [-0.2, -0.15) is 5.10 Å². The molecule has 5 nitrogen and oxygen atoms in total. The monoisotopic (exact) mass is 412 g/mol. The molecule has 0 unspecified atom stereocenters. The van der Waals surface area contributed by atoms with Gasteiger partial charge in [-0.25, -0.2) is 9.07 Å². The van der Waals surface area contributed by atoms with Crippen LogP contribution in [-0.2, 0) is 11.3 Å². The van der Waals surface area contributed by atoms with Crippen LogP contribution in [0, 0.1) is 11.7 Å². The highest BCUT2D eigenvalue weighted by Crippen LogP contribution is 2.31. The van der Waals surface area contributed by atoms with Gasteiger partial charge in [0, 0.05) is 30.4 Å². The third kappa shape index (κ3) is 4.33. The van der Waals surface area contributed by atoms with Gasteiger partial charge in [0.15, 0.2) is 0 Å². The fraction of sp³-hybridized carbons (Fsp3) is 0.273. The SMILES string of the molecule is NC(=O)[C@H]1CCCN(Cc2cn(-c3ccc(F)cc3)nc2-c2ccccc2Cl)C1. The largest absolute Gasteiger partial charge is 0.369 e. The van der Waals surface area contributed by atoms with Crippen molar-refractivity contribution in [2.45, 2.75) is 19.4 Å². The van der Waals surface area contributed by atoms with E-state index in [1.807, 2.05) is 30.5 Å². The molecular formula is C22H22ClFN4O. The molecule has 2 aromatic carbocycles. The maximum absolute atomic E-state index is 13.3. The van der Waals surface area contributed by atoms with Crippen LogP contribution in [0.15, 0.2) is 54.7 Å². The summed E-state index contributed by atoms with van der Waals surface area (Å²) >= 11 is 6.44. The summed E-state index contributed by atoms with van der Waals surface area (Å²) in [6.07, 6.45) is 3.71. The highest BCUT2D eigenvalue weighted by Gasteiger charge is 2.25. The number of aromatic nitrogens is 2. The standard InChI is InChI=1S/C22H22ClFN4O/c23-20-6-2-1-5-19(20)21-16(13-27-11-3-4-15(12-27)22(25)29)14-28(26-21)18-9-7-17(24)8-10-18/h1-2,5-10,14-15H,3-4,11-13H2,(H2,25,29)/t15-/m0/s1. The van der Waals surface area contributed by atoms with Crippen molar-refractivity contribution in [1.82, 2.24) is 14.7 Å². The van der Waals surface area contributed by atoms with Crippen molar-refractivity contribution >= 4 is 17.5 Å². The molecule has 1 atom stereocenters. The number of halogens is 2. The molecule has 29 heavy (non-hydrogen) atoms. The van der Waals surface area contributed by atoms with E-state index in [2.05, 4.69) is 4.90 Å². The molecule has 1 fully saturated rings. The molecule has 1 aliphatic heterocycles. The first-order valence-electron chi connectivity index (χ1n) is 9.62. The number of carbonyl (C=O) groups excluding carboxylic acids is 1. The number of nitrogens with two attached hydrogens (primary N) is 1. The molecule has 2 N–H and O–H groups in total. The fourth-order valence-electron chi connectivity index (χ4n) is 3.80. The van der Waals surface area contributed by atoms with Gasteiger partial charge in [-0.15, -0.1) is 0 Å². The zero-order valence-electron chi connectivity index (χ0n) is 15.9. The van der Waals surface area contributed by atoms with Gasteiger partial charge in [0.2, 0.25) is 5.91 Å². The van der Waals surface area contributed by atoms with Crippen molar-refractivity contribution in [2.75, 3.05) is 13.1 Å². The summed E-state index contributed by atoms with van der Waals surface area (Å²) in [6, 6.07) is 13.8. The lowest BCUT2D eigenvalue weighted by Crippen LogP contribution is -2.40. The topological polar surface area (TPSA) is 64.2 Å². The third-order valence-corrected chi connectivity index (χ3v) is 5.64. The highest BCUT2D eigenvalue weighted by atomic mass is 35.5. The second-order valence-corrected chi connectivity index (χ2v) is 7.79. The normalized spacial score (nSPS) is 17.4. The number of amides is 1. The molecule has 2 heterocycles. The van der Waals surface area contributed by atoms with Crippen LogP contribution in [0.3, 0.4) is 0 Å². The zero-order chi connectivity index (χ0) is 20.4. The maximum Gasteiger partial charge on any atom is 0.221 e. The smallest absolute Gasteiger partial charge is 0.221 e. The molecule has 0 bridgehead atoms. The van der Waals surface area contributed by atoms with E-state index in [-0.39, 0.29) is 17.6 Å². The summed E-state index contributed by atoms with van der Waals surface area (Å²) in [4.78, 5) is 13.9. The Kier molecular flexibility index (Phi) is 5.65. The Hall–Kier alpha value is -2.70. The van der Waals surface area contributed by atoms with Crippen molar-refractivity contribution in [3.63, 3.8) is 0 Å². The Labute approximate surface area is 173 Å². The number of hydrogen-bond donors (Lipinski definition) is 1. The lowest BCUT2D eigenvalue weighted by atomic mass is 9.97. The number of piperidine rings is 1. The summed E-state index contributed by atoms with van der Waals surface area (Å²) in [5.74, 6) is -0.666. The second-order valence-electron chi connectivity index (χ2n) is 7.38. The van der Waals surface area contributed by atoms with Gasteiger partial charge >= 0.3 is 0 Å². The predicted octanol–water partition coefficient (Wildman–Crippen LogP) is 4.03. The Bertz CT molecular complexity index is 1020. The van der Waals surface area contributed by atoms with Crippen LogP contribution in [0.5, 0.6) is 0 Å². The fourth-order valence-corrected chi connectivity index (χ4v) is 4.03. The summed E-state index contributed by atoms with van der Waals surface area (Å²) in [5.41, 5.74) is 8.90. The van der Waals surface area contributed by atoms with Gasteiger partial charge in [0.25, 0.3) is 0 Å². The van der Waals surface area contributed by atoms with Gasteiger partial charge in [-0.05, 0) is 49.7 Å².